The Hall–Kier alpha value is -1.84. The van der Waals surface area contributed by atoms with E-state index in [-0.39, 0.29) is 17.3 Å². The van der Waals surface area contributed by atoms with Crippen LogP contribution in [0, 0.1) is 0 Å². The first-order chi connectivity index (χ1) is 7.65. The number of fused-ring (bicyclic) bond motifs is 1. The van der Waals surface area contributed by atoms with Gasteiger partial charge in [-0.25, -0.2) is 4.79 Å². The minimum atomic E-state index is -0.335. The Morgan fingerprint density at radius 1 is 1.31 bits per heavy atom. The largest absolute Gasteiger partial charge is 0.329 e. The lowest BCUT2D eigenvalue weighted by atomic mass is 10.2. The van der Waals surface area contributed by atoms with Crippen LogP contribution < -0.4 is 11.2 Å². The normalized spacial score (nSPS) is 12.9. The number of aromatic nitrogens is 2. The topological polar surface area (TPSA) is 54.9 Å². The van der Waals surface area contributed by atoms with Gasteiger partial charge in [0.15, 0.2) is 0 Å². The van der Waals surface area contributed by atoms with Gasteiger partial charge in [0.2, 0.25) is 0 Å². The number of benzene rings is 1. The second-order valence-electron chi connectivity index (χ2n) is 3.91. The minimum absolute atomic E-state index is 0.0825. The number of nitrogens with one attached hydrogen (secondary N) is 1. The molecule has 0 aliphatic rings. The summed E-state index contributed by atoms with van der Waals surface area (Å²) in [5, 5.41) is 0.558. The fraction of sp³-hybridized carbons (Fsp3) is 0.333. The standard InChI is InChI=1S/C12H14N2O2/c1-3-8(2)14-11(15)9-6-4-5-7-10(9)13-12(14)16/h4-8H,3H2,1-2H3,(H,13,16)/t8-/m1/s1. The molecule has 2 rings (SSSR count). The highest BCUT2D eigenvalue weighted by Gasteiger charge is 2.11. The number of rotatable bonds is 2. The van der Waals surface area contributed by atoms with Crippen LogP contribution in [0.4, 0.5) is 0 Å². The van der Waals surface area contributed by atoms with Crippen molar-refractivity contribution >= 4 is 10.9 Å². The number of nitrogens with zero attached hydrogens (tertiary/aromatic N) is 1. The molecule has 1 atom stereocenters. The highest BCUT2D eigenvalue weighted by Crippen LogP contribution is 2.07. The van der Waals surface area contributed by atoms with Crippen molar-refractivity contribution in [3.63, 3.8) is 0 Å². The van der Waals surface area contributed by atoms with Gasteiger partial charge in [0.25, 0.3) is 5.56 Å². The van der Waals surface area contributed by atoms with Crippen LogP contribution in [0.3, 0.4) is 0 Å². The van der Waals surface area contributed by atoms with Crippen LogP contribution in [0.2, 0.25) is 0 Å². The quantitative estimate of drug-likeness (QED) is 0.833. The van der Waals surface area contributed by atoms with E-state index in [1.807, 2.05) is 13.8 Å². The van der Waals surface area contributed by atoms with E-state index < -0.39 is 0 Å². The zero-order valence-electron chi connectivity index (χ0n) is 9.36. The molecule has 4 heteroatoms. The van der Waals surface area contributed by atoms with Crippen LogP contribution in [0.1, 0.15) is 26.3 Å². The van der Waals surface area contributed by atoms with Crippen LogP contribution in [-0.4, -0.2) is 9.55 Å². The maximum atomic E-state index is 12.1. The van der Waals surface area contributed by atoms with E-state index in [1.54, 1.807) is 24.3 Å². The Kier molecular flexibility index (Phi) is 2.64. The summed E-state index contributed by atoms with van der Waals surface area (Å²) in [4.78, 5) is 26.6. The molecule has 16 heavy (non-hydrogen) atoms. The Morgan fingerprint density at radius 2 is 2.00 bits per heavy atom. The molecule has 1 heterocycles. The SMILES string of the molecule is CC[C@@H](C)n1c(=O)[nH]c2ccccc2c1=O. The highest BCUT2D eigenvalue weighted by atomic mass is 16.2. The highest BCUT2D eigenvalue weighted by molar-refractivity contribution is 5.76. The summed E-state index contributed by atoms with van der Waals surface area (Å²) < 4.78 is 1.28. The summed E-state index contributed by atoms with van der Waals surface area (Å²) in [7, 11) is 0. The maximum Gasteiger partial charge on any atom is 0.329 e. The Balaban J connectivity index is 2.87. The zero-order chi connectivity index (χ0) is 11.7. The smallest absolute Gasteiger partial charge is 0.307 e. The van der Waals surface area contributed by atoms with Gasteiger partial charge in [-0.3, -0.25) is 9.36 Å². The Bertz CT molecular complexity index is 625. The van der Waals surface area contributed by atoms with Gasteiger partial charge in [-0.1, -0.05) is 19.1 Å². The van der Waals surface area contributed by atoms with Gasteiger partial charge < -0.3 is 4.98 Å². The van der Waals surface area contributed by atoms with Crippen LogP contribution >= 0.6 is 0 Å². The lowest BCUT2D eigenvalue weighted by molar-refractivity contribution is 0.494. The van der Waals surface area contributed by atoms with E-state index in [1.165, 1.54) is 4.57 Å². The van der Waals surface area contributed by atoms with Gasteiger partial charge in [-0.2, -0.15) is 0 Å². The predicted molar refractivity (Wildman–Crippen MR) is 63.8 cm³/mol. The van der Waals surface area contributed by atoms with Crippen LogP contribution in [0.5, 0.6) is 0 Å². The molecule has 0 amide bonds. The molecule has 1 N–H and O–H groups in total. The molecule has 0 saturated carbocycles. The van der Waals surface area contributed by atoms with E-state index >= 15 is 0 Å². The summed E-state index contributed by atoms with van der Waals surface area (Å²) in [6, 6.07) is 6.97. The third-order valence-corrected chi connectivity index (χ3v) is 2.87. The van der Waals surface area contributed by atoms with Crippen LogP contribution in [0.25, 0.3) is 10.9 Å². The first-order valence-corrected chi connectivity index (χ1v) is 5.38. The predicted octanol–water partition coefficient (Wildman–Crippen LogP) is 1.66. The van der Waals surface area contributed by atoms with E-state index in [0.29, 0.717) is 10.9 Å². The molecule has 0 fully saturated rings. The molecular formula is C12H14N2O2. The molecule has 1 aromatic carbocycles. The Morgan fingerprint density at radius 3 is 2.69 bits per heavy atom. The van der Waals surface area contributed by atoms with Crippen molar-refractivity contribution in [2.45, 2.75) is 26.3 Å². The average molecular weight is 218 g/mol. The molecule has 0 saturated heterocycles. The van der Waals surface area contributed by atoms with Crippen molar-refractivity contribution in [1.29, 1.82) is 0 Å². The van der Waals surface area contributed by atoms with Crippen molar-refractivity contribution in [2.24, 2.45) is 0 Å². The molecule has 0 aliphatic carbocycles. The lowest BCUT2D eigenvalue weighted by Crippen LogP contribution is -2.36. The molecule has 0 spiro atoms. The van der Waals surface area contributed by atoms with Gasteiger partial charge in [0.05, 0.1) is 10.9 Å². The Labute approximate surface area is 92.5 Å². The third-order valence-electron chi connectivity index (χ3n) is 2.87. The number of H-pyrrole nitrogens is 1. The van der Waals surface area contributed by atoms with Crippen molar-refractivity contribution in [3.8, 4) is 0 Å². The summed E-state index contributed by atoms with van der Waals surface area (Å²) >= 11 is 0. The van der Waals surface area contributed by atoms with E-state index in [9.17, 15) is 9.59 Å². The molecule has 4 nitrogen and oxygen atoms in total. The summed E-state index contributed by atoms with van der Waals surface area (Å²) in [5.41, 5.74) is 0.0452. The fourth-order valence-electron chi connectivity index (χ4n) is 1.76. The van der Waals surface area contributed by atoms with Gasteiger partial charge in [0, 0.05) is 6.04 Å². The molecular weight excluding hydrogens is 204 g/mol. The third kappa shape index (κ3) is 1.56. The second kappa shape index (κ2) is 3.96. The molecule has 2 aromatic rings. The van der Waals surface area contributed by atoms with Gasteiger partial charge in [0.1, 0.15) is 0 Å². The van der Waals surface area contributed by atoms with E-state index in [4.69, 9.17) is 0 Å². The first-order valence-electron chi connectivity index (χ1n) is 5.38. The van der Waals surface area contributed by atoms with Crippen molar-refractivity contribution < 1.29 is 0 Å². The van der Waals surface area contributed by atoms with Gasteiger partial charge in [-0.05, 0) is 25.5 Å². The number of para-hydroxylation sites is 1. The molecule has 0 radical (unpaired) electrons. The molecule has 0 bridgehead atoms. The zero-order valence-corrected chi connectivity index (χ0v) is 9.36. The summed E-state index contributed by atoms with van der Waals surface area (Å²) in [5.74, 6) is 0. The van der Waals surface area contributed by atoms with Gasteiger partial charge in [-0.15, -0.1) is 0 Å². The molecule has 0 aliphatic heterocycles. The summed E-state index contributed by atoms with van der Waals surface area (Å²) in [6.07, 6.45) is 0.751. The van der Waals surface area contributed by atoms with Crippen LogP contribution in [0.15, 0.2) is 33.9 Å². The minimum Gasteiger partial charge on any atom is -0.307 e. The summed E-state index contributed by atoms with van der Waals surface area (Å²) in [6.45, 7) is 3.82. The van der Waals surface area contributed by atoms with Crippen molar-refractivity contribution in [2.75, 3.05) is 0 Å². The first kappa shape index (κ1) is 10.7. The molecule has 0 unspecified atom stereocenters. The lowest BCUT2D eigenvalue weighted by Gasteiger charge is -2.11. The fourth-order valence-corrected chi connectivity index (χ4v) is 1.76. The monoisotopic (exact) mass is 218 g/mol. The molecule has 1 aromatic heterocycles. The van der Waals surface area contributed by atoms with E-state index in [2.05, 4.69) is 4.98 Å². The van der Waals surface area contributed by atoms with Crippen molar-refractivity contribution in [3.05, 3.63) is 45.1 Å². The van der Waals surface area contributed by atoms with E-state index in [0.717, 1.165) is 6.42 Å². The average Bonchev–Trinajstić information content (AvgIpc) is 2.28. The van der Waals surface area contributed by atoms with Gasteiger partial charge >= 0.3 is 5.69 Å². The number of hydrogen-bond donors (Lipinski definition) is 1. The molecule has 84 valence electrons. The maximum absolute atomic E-state index is 12.1. The van der Waals surface area contributed by atoms with Crippen molar-refractivity contribution in [1.82, 2.24) is 9.55 Å². The second-order valence-corrected chi connectivity index (χ2v) is 3.91. The number of hydrogen-bond acceptors (Lipinski definition) is 2. The number of aromatic amines is 1. The van der Waals surface area contributed by atoms with Crippen LogP contribution in [-0.2, 0) is 0 Å².